The normalized spacial score (nSPS) is 10.8. The van der Waals surface area contributed by atoms with Crippen LogP contribution in [-0.4, -0.2) is 17.9 Å². The van der Waals surface area contributed by atoms with Gasteiger partial charge in [-0.2, -0.15) is 0 Å². The van der Waals surface area contributed by atoms with Crippen molar-refractivity contribution in [3.63, 3.8) is 0 Å². The van der Waals surface area contributed by atoms with Crippen molar-refractivity contribution in [3.8, 4) is 0 Å². The first-order chi connectivity index (χ1) is 8.06. The van der Waals surface area contributed by atoms with E-state index in [-0.39, 0.29) is 5.91 Å². The van der Waals surface area contributed by atoms with Crippen LogP contribution in [0.5, 0.6) is 0 Å². The summed E-state index contributed by atoms with van der Waals surface area (Å²) in [6, 6.07) is 3.69. The second-order valence-electron chi connectivity index (χ2n) is 3.68. The fourth-order valence-corrected chi connectivity index (χ4v) is 1.34. The number of amides is 1. The average Bonchev–Trinajstić information content (AvgIpc) is 2.35. The lowest BCUT2D eigenvalue weighted by Gasteiger charge is -2.07. The smallest absolute Gasteiger partial charge is 0.251 e. The predicted octanol–water partition coefficient (Wildman–Crippen LogP) is 2.34. The van der Waals surface area contributed by atoms with Gasteiger partial charge in [0.2, 0.25) is 0 Å². The van der Waals surface area contributed by atoms with Gasteiger partial charge in [0.15, 0.2) is 0 Å². The second kappa shape index (κ2) is 5.80. The molecule has 1 heterocycles. The minimum Gasteiger partial charge on any atom is -0.355 e. The van der Waals surface area contributed by atoms with Crippen LogP contribution in [-0.2, 0) is 4.79 Å². The summed E-state index contributed by atoms with van der Waals surface area (Å²) in [4.78, 5) is 15.6. The van der Waals surface area contributed by atoms with E-state index in [2.05, 4.69) is 23.5 Å². The van der Waals surface area contributed by atoms with Gasteiger partial charge in [0.25, 0.3) is 5.91 Å². The van der Waals surface area contributed by atoms with Crippen molar-refractivity contribution >= 4 is 11.5 Å². The minimum absolute atomic E-state index is 0.160. The van der Waals surface area contributed by atoms with Crippen LogP contribution < -0.4 is 5.32 Å². The summed E-state index contributed by atoms with van der Waals surface area (Å²) in [5.41, 5.74) is 2.94. The summed E-state index contributed by atoms with van der Waals surface area (Å²) in [7, 11) is 1.59. The number of nitrogens with zero attached hydrogens (tertiary/aromatic N) is 1. The molecule has 1 N–H and O–H groups in total. The number of hydrogen-bond donors (Lipinski definition) is 1. The molecular weight excluding hydrogens is 212 g/mol. The number of aromatic nitrogens is 1. The molecule has 1 amide bonds. The van der Waals surface area contributed by atoms with E-state index in [4.69, 9.17) is 0 Å². The molecule has 0 spiro atoms. The van der Waals surface area contributed by atoms with E-state index in [0.717, 1.165) is 11.1 Å². The highest BCUT2D eigenvalue weighted by Gasteiger charge is 2.08. The van der Waals surface area contributed by atoms with E-state index in [1.807, 2.05) is 12.1 Å². The molecule has 0 radical (unpaired) electrons. The van der Waals surface area contributed by atoms with Crippen molar-refractivity contribution in [2.75, 3.05) is 7.05 Å². The number of hydrogen-bond acceptors (Lipinski definition) is 2. The van der Waals surface area contributed by atoms with Gasteiger partial charge in [0.05, 0.1) is 0 Å². The molecule has 1 rings (SSSR count). The highest BCUT2D eigenvalue weighted by Crippen LogP contribution is 2.17. The fraction of sp³-hybridized carbons (Fsp3) is 0.143. The third kappa shape index (κ3) is 3.41. The van der Waals surface area contributed by atoms with Crippen molar-refractivity contribution in [3.05, 3.63) is 60.5 Å². The average molecular weight is 228 g/mol. The number of nitrogens with one attached hydrogen (secondary N) is 1. The maximum atomic E-state index is 11.6. The van der Waals surface area contributed by atoms with Gasteiger partial charge < -0.3 is 5.32 Å². The summed E-state index contributed by atoms with van der Waals surface area (Å²) < 4.78 is 0. The van der Waals surface area contributed by atoms with Crippen molar-refractivity contribution in [1.82, 2.24) is 10.3 Å². The van der Waals surface area contributed by atoms with Crippen molar-refractivity contribution < 1.29 is 4.79 Å². The van der Waals surface area contributed by atoms with Crippen molar-refractivity contribution in [2.45, 2.75) is 6.92 Å². The van der Waals surface area contributed by atoms with Crippen molar-refractivity contribution in [1.29, 1.82) is 0 Å². The Labute approximate surface area is 102 Å². The van der Waals surface area contributed by atoms with E-state index >= 15 is 0 Å². The van der Waals surface area contributed by atoms with Crippen LogP contribution in [0.15, 0.2) is 54.9 Å². The lowest BCUT2D eigenvalue weighted by atomic mass is 10.0. The van der Waals surface area contributed by atoms with E-state index in [1.165, 1.54) is 0 Å². The molecule has 0 aliphatic carbocycles. The number of carbonyl (C=O) groups excluding carboxylic acids is 1. The lowest BCUT2D eigenvalue weighted by molar-refractivity contribution is -0.116. The largest absolute Gasteiger partial charge is 0.355 e. The standard InChI is InChI=1S/C14H16N2O/c1-10(2)13(14(17)15-4)9-11(3)12-5-7-16-8-6-12/h5-9H,1,3H2,2,4H3,(H,15,17)/b13-9-. The maximum Gasteiger partial charge on any atom is 0.251 e. The molecule has 17 heavy (non-hydrogen) atoms. The van der Waals surface area contributed by atoms with E-state index in [9.17, 15) is 4.79 Å². The Kier molecular flexibility index (Phi) is 4.40. The van der Waals surface area contributed by atoms with Gasteiger partial charge in [0, 0.05) is 25.0 Å². The number of pyridine rings is 1. The highest BCUT2D eigenvalue weighted by atomic mass is 16.1. The van der Waals surface area contributed by atoms with Crippen LogP contribution in [0, 0.1) is 0 Å². The Morgan fingerprint density at radius 1 is 1.35 bits per heavy atom. The number of carbonyl (C=O) groups is 1. The minimum atomic E-state index is -0.160. The summed E-state index contributed by atoms with van der Waals surface area (Å²) in [6.07, 6.45) is 5.11. The Balaban J connectivity index is 3.04. The first-order valence-electron chi connectivity index (χ1n) is 5.25. The van der Waals surface area contributed by atoms with Crippen LogP contribution >= 0.6 is 0 Å². The van der Waals surface area contributed by atoms with Gasteiger partial charge in [0.1, 0.15) is 0 Å². The van der Waals surface area contributed by atoms with Crippen LogP contribution in [0.4, 0.5) is 0 Å². The highest BCUT2D eigenvalue weighted by molar-refractivity contribution is 5.99. The summed E-state index contributed by atoms with van der Waals surface area (Å²) in [5.74, 6) is -0.160. The van der Waals surface area contributed by atoms with E-state index in [1.54, 1.807) is 32.4 Å². The molecule has 0 bridgehead atoms. The van der Waals surface area contributed by atoms with Gasteiger partial charge in [-0.15, -0.1) is 0 Å². The first kappa shape index (κ1) is 12.9. The Bertz CT molecular complexity index is 472. The molecule has 1 aromatic heterocycles. The van der Waals surface area contributed by atoms with Gasteiger partial charge in [-0.25, -0.2) is 0 Å². The molecule has 0 saturated heterocycles. The summed E-state index contributed by atoms with van der Waals surface area (Å²) in [6.45, 7) is 9.52. The van der Waals surface area contributed by atoms with Gasteiger partial charge in [-0.05, 0) is 41.8 Å². The molecule has 3 nitrogen and oxygen atoms in total. The third-order valence-electron chi connectivity index (χ3n) is 2.30. The maximum absolute atomic E-state index is 11.6. The third-order valence-corrected chi connectivity index (χ3v) is 2.30. The summed E-state index contributed by atoms with van der Waals surface area (Å²) in [5, 5.41) is 2.58. The predicted molar refractivity (Wildman–Crippen MR) is 70.2 cm³/mol. The Hall–Kier alpha value is -2.16. The molecule has 0 aromatic carbocycles. The van der Waals surface area contributed by atoms with Gasteiger partial charge >= 0.3 is 0 Å². The monoisotopic (exact) mass is 228 g/mol. The van der Waals surface area contributed by atoms with Crippen LogP contribution in [0.3, 0.4) is 0 Å². The molecule has 0 aliphatic rings. The molecular formula is C14H16N2O. The van der Waals surface area contributed by atoms with Crippen LogP contribution in [0.25, 0.3) is 5.57 Å². The molecule has 3 heteroatoms. The molecule has 0 atom stereocenters. The van der Waals surface area contributed by atoms with Gasteiger partial charge in [-0.3, -0.25) is 9.78 Å². The second-order valence-corrected chi connectivity index (χ2v) is 3.68. The molecule has 0 fully saturated rings. The van der Waals surface area contributed by atoms with Crippen LogP contribution in [0.2, 0.25) is 0 Å². The first-order valence-corrected chi connectivity index (χ1v) is 5.25. The van der Waals surface area contributed by atoms with Crippen molar-refractivity contribution in [2.24, 2.45) is 0 Å². The quantitative estimate of drug-likeness (QED) is 0.635. The molecule has 0 aliphatic heterocycles. The number of likely N-dealkylation sites (N-methyl/N-ethyl adjacent to an activating group) is 1. The number of rotatable bonds is 4. The molecule has 0 saturated carbocycles. The molecule has 1 aromatic rings. The number of allylic oxidation sites excluding steroid dienone is 2. The topological polar surface area (TPSA) is 42.0 Å². The lowest BCUT2D eigenvalue weighted by Crippen LogP contribution is -2.20. The molecule has 0 unspecified atom stereocenters. The van der Waals surface area contributed by atoms with Gasteiger partial charge in [-0.1, -0.05) is 13.2 Å². The zero-order chi connectivity index (χ0) is 12.8. The zero-order valence-corrected chi connectivity index (χ0v) is 10.2. The Morgan fingerprint density at radius 2 is 1.94 bits per heavy atom. The van der Waals surface area contributed by atoms with E-state index in [0.29, 0.717) is 11.1 Å². The Morgan fingerprint density at radius 3 is 2.41 bits per heavy atom. The van der Waals surface area contributed by atoms with Crippen LogP contribution in [0.1, 0.15) is 12.5 Å². The van der Waals surface area contributed by atoms with E-state index < -0.39 is 0 Å². The summed E-state index contributed by atoms with van der Waals surface area (Å²) >= 11 is 0. The molecule has 88 valence electrons. The zero-order valence-electron chi connectivity index (χ0n) is 10.2. The fourth-order valence-electron chi connectivity index (χ4n) is 1.34. The SMILES string of the molecule is C=C(C)/C(=C/C(=C)c1ccncc1)C(=O)NC.